The minimum Gasteiger partial charge on any atom is -0.314 e. The SMILES string of the molecule is FC(F)(F)c1cc(-n2nncc2CN2CCNCC2)ccc1Cl. The van der Waals surface area contributed by atoms with Crippen LogP contribution in [0.4, 0.5) is 13.2 Å². The lowest BCUT2D eigenvalue weighted by Crippen LogP contribution is -2.43. The maximum absolute atomic E-state index is 13.0. The Balaban J connectivity index is 1.89. The fourth-order valence-electron chi connectivity index (χ4n) is 2.54. The third kappa shape index (κ3) is 3.65. The van der Waals surface area contributed by atoms with E-state index in [1.54, 1.807) is 6.20 Å². The number of alkyl halides is 3. The molecule has 1 aromatic heterocycles. The lowest BCUT2D eigenvalue weighted by atomic mass is 10.2. The molecule has 0 bridgehead atoms. The minimum atomic E-state index is -4.51. The molecule has 0 radical (unpaired) electrons. The largest absolute Gasteiger partial charge is 0.417 e. The predicted molar refractivity (Wildman–Crippen MR) is 79.5 cm³/mol. The first-order chi connectivity index (χ1) is 10.9. The average Bonchev–Trinajstić information content (AvgIpc) is 2.96. The van der Waals surface area contributed by atoms with Gasteiger partial charge in [0.05, 0.1) is 28.2 Å². The van der Waals surface area contributed by atoms with Gasteiger partial charge < -0.3 is 5.32 Å². The molecule has 0 unspecified atom stereocenters. The van der Waals surface area contributed by atoms with Crippen molar-refractivity contribution in [2.75, 3.05) is 26.2 Å². The summed E-state index contributed by atoms with van der Waals surface area (Å²) in [5.74, 6) is 0. The van der Waals surface area contributed by atoms with Crippen LogP contribution in [-0.4, -0.2) is 46.1 Å². The molecule has 2 aromatic rings. The topological polar surface area (TPSA) is 46.0 Å². The molecule has 1 N–H and O–H groups in total. The van der Waals surface area contributed by atoms with Crippen LogP contribution < -0.4 is 5.32 Å². The molecular weight excluding hydrogens is 331 g/mol. The average molecular weight is 346 g/mol. The number of benzene rings is 1. The third-order valence-electron chi connectivity index (χ3n) is 3.72. The van der Waals surface area contributed by atoms with E-state index in [0.29, 0.717) is 12.2 Å². The highest BCUT2D eigenvalue weighted by atomic mass is 35.5. The fourth-order valence-corrected chi connectivity index (χ4v) is 2.77. The summed E-state index contributed by atoms with van der Waals surface area (Å²) < 4.78 is 40.4. The van der Waals surface area contributed by atoms with Gasteiger partial charge in [-0.1, -0.05) is 16.8 Å². The number of hydrogen-bond donors (Lipinski definition) is 1. The van der Waals surface area contributed by atoms with Gasteiger partial charge in [0.2, 0.25) is 0 Å². The zero-order valence-electron chi connectivity index (χ0n) is 12.1. The second kappa shape index (κ2) is 6.46. The van der Waals surface area contributed by atoms with Crippen LogP contribution in [0.2, 0.25) is 5.02 Å². The van der Waals surface area contributed by atoms with Crippen LogP contribution in [0.5, 0.6) is 0 Å². The molecular formula is C14H15ClF3N5. The van der Waals surface area contributed by atoms with Gasteiger partial charge in [-0.2, -0.15) is 13.2 Å². The highest BCUT2D eigenvalue weighted by molar-refractivity contribution is 6.31. The standard InChI is InChI=1S/C14H15ClF3N5/c15-13-2-1-10(7-12(13)14(16,17)18)23-11(8-20-21-23)9-22-5-3-19-4-6-22/h1-2,7-8,19H,3-6,9H2. The maximum Gasteiger partial charge on any atom is 0.417 e. The zero-order valence-corrected chi connectivity index (χ0v) is 12.9. The molecule has 0 spiro atoms. The smallest absolute Gasteiger partial charge is 0.314 e. The molecule has 0 saturated carbocycles. The number of nitrogens with zero attached hydrogens (tertiary/aromatic N) is 4. The quantitative estimate of drug-likeness (QED) is 0.927. The molecule has 1 fully saturated rings. The van der Waals surface area contributed by atoms with Crippen LogP contribution in [0, 0.1) is 0 Å². The molecule has 124 valence electrons. The number of aromatic nitrogens is 3. The molecule has 23 heavy (non-hydrogen) atoms. The number of hydrogen-bond acceptors (Lipinski definition) is 4. The number of piperazine rings is 1. The number of rotatable bonds is 3. The Kier molecular flexibility index (Phi) is 4.56. The van der Waals surface area contributed by atoms with Crippen molar-refractivity contribution in [1.82, 2.24) is 25.2 Å². The van der Waals surface area contributed by atoms with E-state index in [1.807, 2.05) is 0 Å². The lowest BCUT2D eigenvalue weighted by Gasteiger charge is -2.27. The second-order valence-corrected chi connectivity index (χ2v) is 5.73. The van der Waals surface area contributed by atoms with Crippen LogP contribution in [0.1, 0.15) is 11.3 Å². The Morgan fingerprint density at radius 2 is 1.96 bits per heavy atom. The first-order valence-corrected chi connectivity index (χ1v) is 7.53. The van der Waals surface area contributed by atoms with Crippen LogP contribution in [0.15, 0.2) is 24.4 Å². The Bertz CT molecular complexity index is 679. The molecule has 1 aliphatic heterocycles. The van der Waals surface area contributed by atoms with Crippen molar-refractivity contribution in [3.05, 3.63) is 40.7 Å². The van der Waals surface area contributed by atoms with Crippen molar-refractivity contribution >= 4 is 11.6 Å². The van der Waals surface area contributed by atoms with Crippen LogP contribution in [0.25, 0.3) is 5.69 Å². The molecule has 1 saturated heterocycles. The van der Waals surface area contributed by atoms with E-state index < -0.39 is 11.7 Å². The van der Waals surface area contributed by atoms with Crippen molar-refractivity contribution in [3.8, 4) is 5.69 Å². The van der Waals surface area contributed by atoms with Crippen LogP contribution >= 0.6 is 11.6 Å². The number of halogens is 4. The van der Waals surface area contributed by atoms with E-state index in [9.17, 15) is 13.2 Å². The molecule has 0 atom stereocenters. The molecule has 3 rings (SSSR count). The zero-order chi connectivity index (χ0) is 16.4. The summed E-state index contributed by atoms with van der Waals surface area (Å²) >= 11 is 5.66. The summed E-state index contributed by atoms with van der Waals surface area (Å²) in [5.41, 5.74) is 0.159. The second-order valence-electron chi connectivity index (χ2n) is 5.33. The van der Waals surface area contributed by atoms with Gasteiger partial charge in [0.15, 0.2) is 0 Å². The fraction of sp³-hybridized carbons (Fsp3) is 0.429. The summed E-state index contributed by atoms with van der Waals surface area (Å²) in [5, 5.41) is 10.7. The Morgan fingerprint density at radius 3 is 2.65 bits per heavy atom. The van der Waals surface area contributed by atoms with E-state index in [2.05, 4.69) is 20.5 Å². The molecule has 2 heterocycles. The molecule has 1 aliphatic rings. The van der Waals surface area contributed by atoms with Gasteiger partial charge in [0.25, 0.3) is 0 Å². The van der Waals surface area contributed by atoms with E-state index >= 15 is 0 Å². The summed E-state index contributed by atoms with van der Waals surface area (Å²) in [4.78, 5) is 2.20. The normalized spacial score (nSPS) is 16.7. The van der Waals surface area contributed by atoms with E-state index in [0.717, 1.165) is 37.9 Å². The highest BCUT2D eigenvalue weighted by Crippen LogP contribution is 2.35. The monoisotopic (exact) mass is 345 g/mol. The summed E-state index contributed by atoms with van der Waals surface area (Å²) in [7, 11) is 0. The van der Waals surface area contributed by atoms with Gasteiger partial charge in [-0.15, -0.1) is 5.10 Å². The van der Waals surface area contributed by atoms with Gasteiger partial charge in [-0.25, -0.2) is 4.68 Å². The Morgan fingerprint density at radius 1 is 1.22 bits per heavy atom. The first-order valence-electron chi connectivity index (χ1n) is 7.15. The maximum atomic E-state index is 13.0. The molecule has 1 aromatic carbocycles. The van der Waals surface area contributed by atoms with E-state index in [1.165, 1.54) is 16.8 Å². The van der Waals surface area contributed by atoms with Crippen molar-refractivity contribution in [2.45, 2.75) is 12.7 Å². The third-order valence-corrected chi connectivity index (χ3v) is 4.04. The Hall–Kier alpha value is -1.64. The Labute approximate surface area is 136 Å². The van der Waals surface area contributed by atoms with E-state index in [-0.39, 0.29) is 5.02 Å². The highest BCUT2D eigenvalue weighted by Gasteiger charge is 2.33. The van der Waals surface area contributed by atoms with Crippen LogP contribution in [0.3, 0.4) is 0 Å². The summed E-state index contributed by atoms with van der Waals surface area (Å²) in [6.07, 6.45) is -2.93. The van der Waals surface area contributed by atoms with Gasteiger partial charge in [0.1, 0.15) is 0 Å². The number of nitrogens with one attached hydrogen (secondary N) is 1. The molecule has 0 aliphatic carbocycles. The van der Waals surface area contributed by atoms with Crippen molar-refractivity contribution in [2.24, 2.45) is 0 Å². The van der Waals surface area contributed by atoms with E-state index in [4.69, 9.17) is 11.6 Å². The lowest BCUT2D eigenvalue weighted by molar-refractivity contribution is -0.137. The van der Waals surface area contributed by atoms with Crippen molar-refractivity contribution in [3.63, 3.8) is 0 Å². The molecule has 5 nitrogen and oxygen atoms in total. The van der Waals surface area contributed by atoms with Gasteiger partial charge in [-0.05, 0) is 18.2 Å². The van der Waals surface area contributed by atoms with Crippen molar-refractivity contribution in [1.29, 1.82) is 0 Å². The van der Waals surface area contributed by atoms with Crippen molar-refractivity contribution < 1.29 is 13.2 Å². The van der Waals surface area contributed by atoms with Gasteiger partial charge in [0, 0.05) is 32.7 Å². The summed E-state index contributed by atoms with van der Waals surface area (Å²) in [6, 6.07) is 3.74. The summed E-state index contributed by atoms with van der Waals surface area (Å²) in [6.45, 7) is 4.11. The minimum absolute atomic E-state index is 0.296. The van der Waals surface area contributed by atoms with Crippen LogP contribution in [-0.2, 0) is 12.7 Å². The first kappa shape index (κ1) is 16.2. The van der Waals surface area contributed by atoms with Gasteiger partial charge in [-0.3, -0.25) is 4.90 Å². The van der Waals surface area contributed by atoms with Gasteiger partial charge >= 0.3 is 6.18 Å². The molecule has 9 heteroatoms. The predicted octanol–water partition coefficient (Wildman–Crippen LogP) is 2.34. The molecule has 0 amide bonds.